The van der Waals surface area contributed by atoms with Crippen molar-refractivity contribution in [3.63, 3.8) is 0 Å². The number of halogens is 1. The first-order valence-corrected chi connectivity index (χ1v) is 7.95. The number of carbonyl (C=O) groups excluding carboxylic acids is 1. The third kappa shape index (κ3) is 4.15. The number of nitrogens with zero attached hydrogens (tertiary/aromatic N) is 4. The minimum absolute atomic E-state index is 0.124. The molecule has 1 aromatic carbocycles. The van der Waals surface area contributed by atoms with E-state index in [1.165, 1.54) is 18.2 Å². The summed E-state index contributed by atoms with van der Waals surface area (Å²) in [5.74, 6) is -1.60. The van der Waals surface area contributed by atoms with Crippen molar-refractivity contribution in [2.24, 2.45) is 0 Å². The fraction of sp³-hybridized carbons (Fsp3) is 0.0588. The van der Waals surface area contributed by atoms with Crippen LogP contribution in [0.5, 0.6) is 0 Å². The molecule has 0 aliphatic heterocycles. The third-order valence-corrected chi connectivity index (χ3v) is 3.58. The predicted molar refractivity (Wildman–Crippen MR) is 98.4 cm³/mol. The molecule has 28 heavy (non-hydrogen) atoms. The lowest BCUT2D eigenvalue weighted by Gasteiger charge is -2.11. The number of amides is 1. The predicted octanol–water partition coefficient (Wildman–Crippen LogP) is 2.73. The number of nitro groups is 1. The average molecular weight is 383 g/mol. The minimum atomic E-state index is -0.819. The third-order valence-electron chi connectivity index (χ3n) is 3.58. The second kappa shape index (κ2) is 8.03. The Hall–Kier alpha value is -4.15. The van der Waals surface area contributed by atoms with E-state index in [0.717, 1.165) is 18.0 Å². The maximum absolute atomic E-state index is 13.7. The molecule has 0 bridgehead atoms. The SMILES string of the molecule is Cc1ccnc(Nc2ncnc(NNC(=O)c3ccccc3F)c2[N+](=O)[O-])c1. The van der Waals surface area contributed by atoms with Crippen LogP contribution in [0.25, 0.3) is 0 Å². The first kappa shape index (κ1) is 18.6. The Morgan fingerprint density at radius 1 is 1.14 bits per heavy atom. The summed E-state index contributed by atoms with van der Waals surface area (Å²) in [5.41, 5.74) is 4.67. The molecule has 1 amide bonds. The van der Waals surface area contributed by atoms with Gasteiger partial charge in [0.25, 0.3) is 5.91 Å². The Morgan fingerprint density at radius 3 is 2.61 bits per heavy atom. The van der Waals surface area contributed by atoms with Gasteiger partial charge in [0, 0.05) is 6.20 Å². The molecule has 0 saturated heterocycles. The van der Waals surface area contributed by atoms with Gasteiger partial charge in [-0.3, -0.25) is 25.8 Å². The molecule has 10 nitrogen and oxygen atoms in total. The Morgan fingerprint density at radius 2 is 1.89 bits per heavy atom. The van der Waals surface area contributed by atoms with E-state index in [2.05, 4.69) is 31.1 Å². The summed E-state index contributed by atoms with van der Waals surface area (Å²) in [6.07, 6.45) is 2.61. The monoisotopic (exact) mass is 383 g/mol. The van der Waals surface area contributed by atoms with Crippen LogP contribution >= 0.6 is 0 Å². The molecule has 0 saturated carbocycles. The highest BCUT2D eigenvalue weighted by atomic mass is 19.1. The number of carbonyl (C=O) groups is 1. The zero-order valence-electron chi connectivity index (χ0n) is 14.5. The number of benzene rings is 1. The minimum Gasteiger partial charge on any atom is -0.319 e. The topological polar surface area (TPSA) is 135 Å². The number of anilines is 3. The second-order valence-corrected chi connectivity index (χ2v) is 5.58. The van der Waals surface area contributed by atoms with Gasteiger partial charge >= 0.3 is 5.69 Å². The number of rotatable bonds is 6. The first-order chi connectivity index (χ1) is 13.5. The summed E-state index contributed by atoms with van der Waals surface area (Å²) < 4.78 is 13.7. The lowest BCUT2D eigenvalue weighted by atomic mass is 10.2. The van der Waals surface area contributed by atoms with Crippen LogP contribution in [0.1, 0.15) is 15.9 Å². The Labute approximate surface area is 158 Å². The van der Waals surface area contributed by atoms with E-state index in [0.29, 0.717) is 5.82 Å². The molecule has 2 heterocycles. The van der Waals surface area contributed by atoms with Gasteiger partial charge in [0.15, 0.2) is 0 Å². The molecule has 0 unspecified atom stereocenters. The molecule has 0 spiro atoms. The van der Waals surface area contributed by atoms with Crippen molar-refractivity contribution in [3.05, 3.63) is 76.0 Å². The van der Waals surface area contributed by atoms with Crippen LogP contribution in [-0.2, 0) is 0 Å². The van der Waals surface area contributed by atoms with Gasteiger partial charge in [0.1, 0.15) is 18.0 Å². The highest BCUT2D eigenvalue weighted by molar-refractivity contribution is 5.95. The van der Waals surface area contributed by atoms with Gasteiger partial charge in [0.05, 0.1) is 10.5 Å². The summed E-state index contributed by atoms with van der Waals surface area (Å²) in [7, 11) is 0. The van der Waals surface area contributed by atoms with Gasteiger partial charge in [-0.1, -0.05) is 12.1 Å². The van der Waals surface area contributed by atoms with Crippen molar-refractivity contribution >= 4 is 29.0 Å². The van der Waals surface area contributed by atoms with Crippen LogP contribution < -0.4 is 16.2 Å². The summed E-state index contributed by atoms with van der Waals surface area (Å²) in [4.78, 5) is 34.6. The van der Waals surface area contributed by atoms with Crippen molar-refractivity contribution in [2.45, 2.75) is 6.92 Å². The summed E-state index contributed by atoms with van der Waals surface area (Å²) in [6.45, 7) is 1.84. The highest BCUT2D eigenvalue weighted by Crippen LogP contribution is 2.30. The van der Waals surface area contributed by atoms with E-state index in [-0.39, 0.29) is 17.2 Å². The van der Waals surface area contributed by atoms with Gasteiger partial charge in [-0.2, -0.15) is 0 Å². The van der Waals surface area contributed by atoms with Crippen molar-refractivity contribution < 1.29 is 14.1 Å². The largest absolute Gasteiger partial charge is 0.355 e. The summed E-state index contributed by atoms with van der Waals surface area (Å²) in [6, 6.07) is 8.77. The lowest BCUT2D eigenvalue weighted by molar-refractivity contribution is -0.383. The van der Waals surface area contributed by atoms with Gasteiger partial charge in [-0.25, -0.2) is 19.3 Å². The second-order valence-electron chi connectivity index (χ2n) is 5.58. The fourth-order valence-corrected chi connectivity index (χ4v) is 2.29. The van der Waals surface area contributed by atoms with E-state index in [9.17, 15) is 19.3 Å². The number of hydrogen-bond donors (Lipinski definition) is 3. The maximum Gasteiger partial charge on any atom is 0.355 e. The molecule has 3 aromatic rings. The number of aryl methyl sites for hydroxylation is 1. The van der Waals surface area contributed by atoms with Gasteiger partial charge in [-0.05, 0) is 36.8 Å². The van der Waals surface area contributed by atoms with Gasteiger partial charge in [-0.15, -0.1) is 0 Å². The van der Waals surface area contributed by atoms with Crippen LogP contribution in [0, 0.1) is 22.9 Å². The Balaban J connectivity index is 1.84. The smallest absolute Gasteiger partial charge is 0.319 e. The number of aromatic nitrogens is 3. The van der Waals surface area contributed by atoms with Gasteiger partial charge in [0.2, 0.25) is 11.6 Å². The summed E-state index contributed by atoms with van der Waals surface area (Å²) in [5, 5.41) is 14.3. The van der Waals surface area contributed by atoms with Crippen molar-refractivity contribution in [2.75, 3.05) is 10.7 Å². The van der Waals surface area contributed by atoms with E-state index < -0.39 is 22.3 Å². The van der Waals surface area contributed by atoms with Crippen LogP contribution in [0.15, 0.2) is 48.9 Å². The fourth-order valence-electron chi connectivity index (χ4n) is 2.29. The molecule has 3 N–H and O–H groups in total. The molecule has 0 atom stereocenters. The Kier molecular flexibility index (Phi) is 5.35. The van der Waals surface area contributed by atoms with Gasteiger partial charge < -0.3 is 5.32 Å². The molecule has 3 rings (SSSR count). The number of hydrogen-bond acceptors (Lipinski definition) is 8. The molecule has 0 aliphatic rings. The summed E-state index contributed by atoms with van der Waals surface area (Å²) >= 11 is 0. The van der Waals surface area contributed by atoms with Crippen molar-refractivity contribution in [1.82, 2.24) is 20.4 Å². The molecule has 0 radical (unpaired) electrons. The average Bonchev–Trinajstić information content (AvgIpc) is 2.66. The molecular formula is C17H14FN7O3. The molecule has 142 valence electrons. The van der Waals surface area contributed by atoms with Crippen LogP contribution in [0.3, 0.4) is 0 Å². The standard InChI is InChI=1S/C17H14FN7O3/c1-10-6-7-19-13(8-10)22-15-14(25(27)28)16(21-9-20-15)23-24-17(26)11-4-2-3-5-12(11)18/h2-9H,1H3,(H,24,26)(H2,19,20,21,22,23). The van der Waals surface area contributed by atoms with Crippen LogP contribution in [0.4, 0.5) is 27.5 Å². The van der Waals surface area contributed by atoms with Crippen molar-refractivity contribution in [1.29, 1.82) is 0 Å². The number of nitrogens with one attached hydrogen (secondary N) is 3. The molecular weight excluding hydrogens is 369 g/mol. The zero-order chi connectivity index (χ0) is 20.1. The number of pyridine rings is 1. The van der Waals surface area contributed by atoms with Crippen LogP contribution in [0.2, 0.25) is 0 Å². The van der Waals surface area contributed by atoms with Crippen molar-refractivity contribution in [3.8, 4) is 0 Å². The lowest BCUT2D eigenvalue weighted by Crippen LogP contribution is -2.31. The van der Waals surface area contributed by atoms with E-state index >= 15 is 0 Å². The highest BCUT2D eigenvalue weighted by Gasteiger charge is 2.24. The molecule has 0 aliphatic carbocycles. The molecule has 0 fully saturated rings. The van der Waals surface area contributed by atoms with E-state index in [1.807, 2.05) is 6.92 Å². The number of hydrazine groups is 1. The zero-order valence-corrected chi connectivity index (χ0v) is 14.5. The van der Waals surface area contributed by atoms with E-state index in [1.54, 1.807) is 18.3 Å². The van der Waals surface area contributed by atoms with Crippen LogP contribution in [-0.4, -0.2) is 25.8 Å². The van der Waals surface area contributed by atoms with E-state index in [4.69, 9.17) is 0 Å². The maximum atomic E-state index is 13.7. The first-order valence-electron chi connectivity index (χ1n) is 7.95. The quantitative estimate of drug-likeness (QED) is 0.437. The normalized spacial score (nSPS) is 10.2. The Bertz CT molecular complexity index is 1040. The molecule has 11 heteroatoms. The molecule has 2 aromatic heterocycles.